The van der Waals surface area contributed by atoms with Crippen molar-refractivity contribution in [3.63, 3.8) is 0 Å². The van der Waals surface area contributed by atoms with Gasteiger partial charge in [-0.2, -0.15) is 0 Å². The maximum absolute atomic E-state index is 6.23. The van der Waals surface area contributed by atoms with Gasteiger partial charge in [-0.3, -0.25) is 4.90 Å². The van der Waals surface area contributed by atoms with Gasteiger partial charge in [0.2, 0.25) is 0 Å². The number of nitrogens with two attached hydrogens (primary N) is 1. The molecular formula is C16H32N2O2. The molecule has 2 rings (SSSR count). The lowest BCUT2D eigenvalue weighted by atomic mass is 9.81. The van der Waals surface area contributed by atoms with Crippen LogP contribution in [0.4, 0.5) is 0 Å². The van der Waals surface area contributed by atoms with Crippen molar-refractivity contribution in [3.05, 3.63) is 0 Å². The highest BCUT2D eigenvalue weighted by molar-refractivity contribution is 5.02. The van der Waals surface area contributed by atoms with Crippen LogP contribution >= 0.6 is 0 Å². The van der Waals surface area contributed by atoms with Gasteiger partial charge in [0.15, 0.2) is 0 Å². The van der Waals surface area contributed by atoms with Gasteiger partial charge in [-0.25, -0.2) is 0 Å². The van der Waals surface area contributed by atoms with Crippen molar-refractivity contribution in [1.29, 1.82) is 0 Å². The Kier molecular flexibility index (Phi) is 4.51. The summed E-state index contributed by atoms with van der Waals surface area (Å²) in [5.41, 5.74) is 6.06. The Balaban J connectivity index is 2.21. The SMILES string of the molecule is CCC1CC(CN)(N2CC(C)(C)OC(C)(C)C2)CCO1. The van der Waals surface area contributed by atoms with Crippen molar-refractivity contribution in [2.24, 2.45) is 5.73 Å². The van der Waals surface area contributed by atoms with Crippen molar-refractivity contribution < 1.29 is 9.47 Å². The third-order valence-electron chi connectivity index (χ3n) is 4.73. The summed E-state index contributed by atoms with van der Waals surface area (Å²) >= 11 is 0. The number of morpholine rings is 1. The zero-order valence-electron chi connectivity index (χ0n) is 13.9. The van der Waals surface area contributed by atoms with Gasteiger partial charge in [0, 0.05) is 31.8 Å². The van der Waals surface area contributed by atoms with Crippen LogP contribution < -0.4 is 5.73 Å². The van der Waals surface area contributed by atoms with E-state index in [2.05, 4.69) is 39.5 Å². The number of nitrogens with zero attached hydrogens (tertiary/aromatic N) is 1. The molecule has 20 heavy (non-hydrogen) atoms. The summed E-state index contributed by atoms with van der Waals surface area (Å²) in [6.07, 6.45) is 3.50. The molecule has 2 atom stereocenters. The van der Waals surface area contributed by atoms with Crippen LogP contribution in [0.3, 0.4) is 0 Å². The summed E-state index contributed by atoms with van der Waals surface area (Å²) in [4.78, 5) is 2.58. The summed E-state index contributed by atoms with van der Waals surface area (Å²) in [6.45, 7) is 14.4. The van der Waals surface area contributed by atoms with Crippen LogP contribution in [0.1, 0.15) is 53.9 Å². The quantitative estimate of drug-likeness (QED) is 0.863. The molecule has 0 aromatic rings. The van der Waals surface area contributed by atoms with Crippen molar-refractivity contribution in [2.75, 3.05) is 26.2 Å². The van der Waals surface area contributed by atoms with Gasteiger partial charge < -0.3 is 15.2 Å². The molecule has 0 aromatic heterocycles. The zero-order valence-corrected chi connectivity index (χ0v) is 13.9. The normalized spacial score (nSPS) is 37.8. The Labute approximate surface area is 124 Å². The number of rotatable bonds is 3. The van der Waals surface area contributed by atoms with E-state index in [1.165, 1.54) is 0 Å². The molecule has 0 amide bonds. The molecule has 0 aromatic carbocycles. The molecule has 2 unspecified atom stereocenters. The van der Waals surface area contributed by atoms with Crippen LogP contribution in [0, 0.1) is 0 Å². The lowest BCUT2D eigenvalue weighted by Gasteiger charge is -2.56. The van der Waals surface area contributed by atoms with E-state index in [0.29, 0.717) is 12.6 Å². The predicted molar refractivity (Wildman–Crippen MR) is 81.9 cm³/mol. The van der Waals surface area contributed by atoms with Gasteiger partial charge in [0.05, 0.1) is 17.3 Å². The van der Waals surface area contributed by atoms with E-state index in [9.17, 15) is 0 Å². The summed E-state index contributed by atoms with van der Waals surface area (Å²) < 4.78 is 12.1. The lowest BCUT2D eigenvalue weighted by molar-refractivity contribution is -0.210. The highest BCUT2D eigenvalue weighted by Gasteiger charge is 2.48. The van der Waals surface area contributed by atoms with Crippen LogP contribution in [-0.2, 0) is 9.47 Å². The predicted octanol–water partition coefficient (Wildman–Crippen LogP) is 2.16. The Morgan fingerprint density at radius 3 is 2.25 bits per heavy atom. The summed E-state index contributed by atoms with van der Waals surface area (Å²) in [7, 11) is 0. The monoisotopic (exact) mass is 284 g/mol. The largest absolute Gasteiger partial charge is 0.378 e. The first-order valence-corrected chi connectivity index (χ1v) is 7.99. The molecule has 2 aliphatic heterocycles. The second-order valence-electron chi connectivity index (χ2n) is 7.76. The Bertz CT molecular complexity index is 327. The molecule has 2 aliphatic rings. The van der Waals surface area contributed by atoms with E-state index in [1.54, 1.807) is 0 Å². The van der Waals surface area contributed by atoms with E-state index >= 15 is 0 Å². The molecule has 0 spiro atoms. The van der Waals surface area contributed by atoms with Gasteiger partial charge in [0.25, 0.3) is 0 Å². The minimum absolute atomic E-state index is 0.0806. The first-order chi connectivity index (χ1) is 9.22. The first kappa shape index (κ1) is 16.2. The fourth-order valence-corrected chi connectivity index (χ4v) is 3.99. The summed E-state index contributed by atoms with van der Waals surface area (Å²) in [5.74, 6) is 0. The number of hydrogen-bond acceptors (Lipinski definition) is 4. The maximum atomic E-state index is 6.23. The third-order valence-corrected chi connectivity index (χ3v) is 4.73. The summed E-state index contributed by atoms with van der Waals surface area (Å²) in [5, 5.41) is 0. The van der Waals surface area contributed by atoms with Crippen molar-refractivity contribution in [2.45, 2.75) is 76.7 Å². The average molecular weight is 284 g/mol. The minimum atomic E-state index is -0.121. The smallest absolute Gasteiger partial charge is 0.0761 e. The van der Waals surface area contributed by atoms with Gasteiger partial charge in [-0.05, 0) is 47.0 Å². The summed E-state index contributed by atoms with van der Waals surface area (Å²) in [6, 6.07) is 0. The molecule has 4 heteroatoms. The molecule has 2 fully saturated rings. The molecular weight excluding hydrogens is 252 g/mol. The molecule has 4 nitrogen and oxygen atoms in total. The molecule has 118 valence electrons. The Morgan fingerprint density at radius 2 is 1.75 bits per heavy atom. The van der Waals surface area contributed by atoms with Gasteiger partial charge in [-0.15, -0.1) is 0 Å². The van der Waals surface area contributed by atoms with Crippen LogP contribution in [-0.4, -0.2) is 54.0 Å². The van der Waals surface area contributed by atoms with E-state index in [-0.39, 0.29) is 16.7 Å². The van der Waals surface area contributed by atoms with Crippen LogP contribution in [0.2, 0.25) is 0 Å². The average Bonchev–Trinajstić information content (AvgIpc) is 2.35. The second kappa shape index (κ2) is 5.56. The van der Waals surface area contributed by atoms with E-state index < -0.39 is 0 Å². The van der Waals surface area contributed by atoms with Gasteiger partial charge >= 0.3 is 0 Å². The Hall–Kier alpha value is -0.160. The van der Waals surface area contributed by atoms with Gasteiger partial charge in [0.1, 0.15) is 0 Å². The van der Waals surface area contributed by atoms with Crippen LogP contribution in [0.25, 0.3) is 0 Å². The van der Waals surface area contributed by atoms with Crippen LogP contribution in [0.5, 0.6) is 0 Å². The number of ether oxygens (including phenoxy) is 2. The van der Waals surface area contributed by atoms with E-state index in [1.807, 2.05) is 0 Å². The Morgan fingerprint density at radius 1 is 1.15 bits per heavy atom. The topological polar surface area (TPSA) is 47.7 Å². The van der Waals surface area contributed by atoms with Crippen molar-refractivity contribution in [1.82, 2.24) is 4.90 Å². The zero-order chi connectivity index (χ0) is 15.0. The maximum Gasteiger partial charge on any atom is 0.0761 e. The third kappa shape index (κ3) is 3.35. The second-order valence-corrected chi connectivity index (χ2v) is 7.76. The molecule has 0 aliphatic carbocycles. The molecule has 2 heterocycles. The minimum Gasteiger partial charge on any atom is -0.378 e. The molecule has 0 saturated carbocycles. The lowest BCUT2D eigenvalue weighted by Crippen LogP contribution is -2.67. The molecule has 0 bridgehead atoms. The fraction of sp³-hybridized carbons (Fsp3) is 1.00. The standard InChI is InChI=1S/C16H32N2O2/c1-6-13-9-16(10-17,7-8-19-13)18-11-14(2,3)20-15(4,5)12-18/h13H,6-12,17H2,1-5H3. The van der Waals surface area contributed by atoms with Crippen molar-refractivity contribution in [3.8, 4) is 0 Å². The first-order valence-electron chi connectivity index (χ1n) is 7.99. The van der Waals surface area contributed by atoms with E-state index in [0.717, 1.165) is 39.0 Å². The molecule has 2 N–H and O–H groups in total. The van der Waals surface area contributed by atoms with E-state index in [4.69, 9.17) is 15.2 Å². The van der Waals surface area contributed by atoms with Gasteiger partial charge in [-0.1, -0.05) is 6.92 Å². The fourth-order valence-electron chi connectivity index (χ4n) is 3.99. The van der Waals surface area contributed by atoms with Crippen molar-refractivity contribution >= 4 is 0 Å². The molecule has 0 radical (unpaired) electrons. The van der Waals surface area contributed by atoms with Crippen LogP contribution in [0.15, 0.2) is 0 Å². The highest BCUT2D eigenvalue weighted by atomic mass is 16.5. The highest BCUT2D eigenvalue weighted by Crippen LogP contribution is 2.38. The number of hydrogen-bond donors (Lipinski definition) is 1. The molecule has 2 saturated heterocycles.